The number of phenols is 1. The average Bonchev–Trinajstić information content (AvgIpc) is 3.30. The van der Waals surface area contributed by atoms with E-state index in [1.54, 1.807) is 13.8 Å². The number of rotatable bonds is 5. The SMILES string of the molecule is CC(=O)OC1(C(C)=O)CCC2C3C=C(C)C4=CC(=O)CCC4(C)C3CCC21C.COc1cc(O)c2c(=O)cc(C)oc2c1CC=C(C)C. The summed E-state index contributed by atoms with van der Waals surface area (Å²) in [6.07, 6.45) is 11.8. The first-order valence-corrected chi connectivity index (χ1v) is 17.1. The molecule has 1 aromatic heterocycles. The molecule has 1 heterocycles. The molecule has 0 amide bonds. The van der Waals surface area contributed by atoms with Crippen LogP contribution >= 0.6 is 0 Å². The van der Waals surface area contributed by atoms with Crippen LogP contribution in [0.2, 0.25) is 0 Å². The molecule has 0 bridgehead atoms. The van der Waals surface area contributed by atoms with Gasteiger partial charge in [-0.15, -0.1) is 0 Å². The zero-order chi connectivity index (χ0) is 35.3. The van der Waals surface area contributed by atoms with E-state index in [-0.39, 0.29) is 44.9 Å². The Labute approximate surface area is 283 Å². The lowest BCUT2D eigenvalue weighted by atomic mass is 9.47. The second kappa shape index (κ2) is 12.8. The number of methoxy groups -OCH3 is 1. The monoisotopic (exact) mass is 658 g/mol. The molecule has 8 nitrogen and oxygen atoms in total. The zero-order valence-electron chi connectivity index (χ0n) is 29.9. The van der Waals surface area contributed by atoms with Crippen molar-refractivity contribution in [3.8, 4) is 11.5 Å². The first-order valence-electron chi connectivity index (χ1n) is 17.1. The summed E-state index contributed by atoms with van der Waals surface area (Å²) in [7, 11) is 1.53. The van der Waals surface area contributed by atoms with Crippen molar-refractivity contribution in [2.24, 2.45) is 28.6 Å². The number of hydrogen-bond acceptors (Lipinski definition) is 8. The average molecular weight is 659 g/mol. The van der Waals surface area contributed by atoms with E-state index in [1.807, 2.05) is 26.0 Å². The Kier molecular flexibility index (Phi) is 9.45. The van der Waals surface area contributed by atoms with Crippen molar-refractivity contribution in [2.75, 3.05) is 7.11 Å². The molecule has 1 aromatic carbocycles. The molecule has 48 heavy (non-hydrogen) atoms. The second-order valence-corrected chi connectivity index (χ2v) is 15.0. The summed E-state index contributed by atoms with van der Waals surface area (Å²) >= 11 is 0. The summed E-state index contributed by atoms with van der Waals surface area (Å²) < 4.78 is 16.8. The van der Waals surface area contributed by atoms with E-state index in [0.29, 0.717) is 54.1 Å². The largest absolute Gasteiger partial charge is 0.507 e. The minimum absolute atomic E-state index is 0.0160. The predicted molar refractivity (Wildman–Crippen MR) is 185 cm³/mol. The molecule has 2 aromatic rings. The number of esters is 1. The van der Waals surface area contributed by atoms with Crippen molar-refractivity contribution < 1.29 is 33.4 Å². The normalized spacial score (nSPS) is 30.4. The van der Waals surface area contributed by atoms with Crippen molar-refractivity contribution in [3.63, 3.8) is 0 Å². The van der Waals surface area contributed by atoms with Crippen molar-refractivity contribution in [2.45, 2.75) is 106 Å². The molecule has 6 unspecified atom stereocenters. The maximum atomic E-state index is 12.8. The number of allylic oxidation sites excluding steroid dienone is 6. The van der Waals surface area contributed by atoms with E-state index in [4.69, 9.17) is 13.9 Å². The van der Waals surface area contributed by atoms with Gasteiger partial charge in [0.1, 0.15) is 28.2 Å². The van der Waals surface area contributed by atoms with Crippen LogP contribution in [0.15, 0.2) is 56.3 Å². The van der Waals surface area contributed by atoms with Gasteiger partial charge in [0.2, 0.25) is 0 Å². The summed E-state index contributed by atoms with van der Waals surface area (Å²) in [5.41, 5.74) is 3.22. The summed E-state index contributed by atoms with van der Waals surface area (Å²) in [6.45, 7) is 15.3. The summed E-state index contributed by atoms with van der Waals surface area (Å²) in [6, 6.07) is 2.84. The van der Waals surface area contributed by atoms with Gasteiger partial charge >= 0.3 is 5.97 Å². The number of Topliss-reactive ketones (excluding diaryl/α,β-unsaturated/α-hetero) is 1. The molecule has 6 rings (SSSR count). The van der Waals surface area contributed by atoms with Gasteiger partial charge in [0, 0.05) is 36.5 Å². The molecule has 4 aliphatic rings. The molecular formula is C40H50O8. The Morgan fingerprint density at radius 2 is 1.71 bits per heavy atom. The third-order valence-electron chi connectivity index (χ3n) is 11.9. The molecular weight excluding hydrogens is 608 g/mol. The van der Waals surface area contributed by atoms with Gasteiger partial charge in [-0.1, -0.05) is 37.1 Å². The molecule has 8 heteroatoms. The molecule has 0 saturated heterocycles. The van der Waals surface area contributed by atoms with Gasteiger partial charge in [-0.05, 0) is 108 Å². The number of aryl methyl sites for hydroxylation is 1. The van der Waals surface area contributed by atoms with Crippen LogP contribution in [-0.2, 0) is 25.5 Å². The van der Waals surface area contributed by atoms with Crippen LogP contribution in [0.4, 0.5) is 0 Å². The molecule has 258 valence electrons. The molecule has 6 atom stereocenters. The van der Waals surface area contributed by atoms with E-state index < -0.39 is 5.60 Å². The lowest BCUT2D eigenvalue weighted by molar-refractivity contribution is -0.185. The number of carbonyl (C=O) groups is 3. The maximum Gasteiger partial charge on any atom is 0.303 e. The van der Waals surface area contributed by atoms with Gasteiger partial charge < -0.3 is 19.0 Å². The number of hydrogen-bond donors (Lipinski definition) is 1. The Hall–Kier alpha value is -3.94. The summed E-state index contributed by atoms with van der Waals surface area (Å²) in [4.78, 5) is 48.8. The van der Waals surface area contributed by atoms with Crippen LogP contribution in [-0.4, -0.2) is 35.4 Å². The number of aromatic hydroxyl groups is 1. The first-order chi connectivity index (χ1) is 22.5. The predicted octanol–water partition coefficient (Wildman–Crippen LogP) is 7.90. The van der Waals surface area contributed by atoms with E-state index >= 15 is 0 Å². The Morgan fingerprint density at radius 3 is 2.33 bits per heavy atom. The molecule has 4 aliphatic carbocycles. The number of ether oxygens (including phenoxy) is 2. The third-order valence-corrected chi connectivity index (χ3v) is 11.9. The molecule has 0 aliphatic heterocycles. The Bertz CT molecular complexity index is 1820. The van der Waals surface area contributed by atoms with Gasteiger partial charge in [-0.25, -0.2) is 0 Å². The number of benzene rings is 1. The number of fused-ring (bicyclic) bond motifs is 6. The fourth-order valence-corrected chi connectivity index (χ4v) is 9.62. The van der Waals surface area contributed by atoms with Gasteiger partial charge in [0.05, 0.1) is 7.11 Å². The van der Waals surface area contributed by atoms with E-state index in [0.717, 1.165) is 36.8 Å². The zero-order valence-corrected chi connectivity index (χ0v) is 29.9. The fourth-order valence-electron chi connectivity index (χ4n) is 9.62. The van der Waals surface area contributed by atoms with Gasteiger partial charge in [0.25, 0.3) is 0 Å². The molecule has 2 fully saturated rings. The topological polar surface area (TPSA) is 120 Å². The minimum atomic E-state index is -0.990. The molecule has 2 saturated carbocycles. The Morgan fingerprint density at radius 1 is 1.02 bits per heavy atom. The molecule has 0 spiro atoms. The van der Waals surface area contributed by atoms with Crippen LogP contribution in [0.5, 0.6) is 11.5 Å². The van der Waals surface area contributed by atoms with Gasteiger partial charge in [-0.2, -0.15) is 0 Å². The van der Waals surface area contributed by atoms with E-state index in [9.17, 15) is 24.3 Å². The number of carbonyl (C=O) groups excluding carboxylic acids is 3. The van der Waals surface area contributed by atoms with Crippen molar-refractivity contribution in [1.29, 1.82) is 0 Å². The van der Waals surface area contributed by atoms with Crippen LogP contribution in [0.1, 0.15) is 98.3 Å². The van der Waals surface area contributed by atoms with Gasteiger partial charge in [-0.3, -0.25) is 19.2 Å². The Balaban J connectivity index is 0.000000199. The summed E-state index contributed by atoms with van der Waals surface area (Å²) in [5, 5.41) is 10.2. The smallest absolute Gasteiger partial charge is 0.303 e. The van der Waals surface area contributed by atoms with Crippen LogP contribution in [0.25, 0.3) is 11.0 Å². The molecule has 0 radical (unpaired) electrons. The van der Waals surface area contributed by atoms with E-state index in [1.165, 1.54) is 37.3 Å². The standard InChI is InChI=1S/C24H32O4.C16H18O4/c1-14-12-18-19(22(4)9-6-17(27)13-21(14)22)7-10-23(5)20(18)8-11-24(23,15(2)25)28-16(3)26;1-9(2)5-6-11-14(19-4)8-13(18)15-12(17)7-10(3)20-16(11)15/h12-13,18-20H,6-11H2,1-5H3;5,7-8,18H,6H2,1-4H3. The fraction of sp³-hybridized carbons (Fsp3) is 0.550. The number of phenolic OH excluding ortho intramolecular Hbond substituents is 1. The van der Waals surface area contributed by atoms with Gasteiger partial charge in [0.15, 0.2) is 22.6 Å². The summed E-state index contributed by atoms with van der Waals surface area (Å²) in [5.74, 6) is 1.93. The quantitative estimate of drug-likeness (QED) is 0.254. The maximum absolute atomic E-state index is 12.8. The lowest BCUT2D eigenvalue weighted by Gasteiger charge is -2.58. The van der Waals surface area contributed by atoms with E-state index in [2.05, 4.69) is 26.8 Å². The van der Waals surface area contributed by atoms with Crippen LogP contribution in [0, 0.1) is 35.5 Å². The highest BCUT2D eigenvalue weighted by Crippen LogP contribution is 2.67. The van der Waals surface area contributed by atoms with Crippen molar-refractivity contribution >= 4 is 28.5 Å². The third kappa shape index (κ3) is 5.75. The van der Waals surface area contributed by atoms with Crippen LogP contribution in [0.3, 0.4) is 0 Å². The number of ketones is 2. The highest BCUT2D eigenvalue weighted by molar-refractivity contribution is 5.93. The first kappa shape index (κ1) is 35.4. The second-order valence-electron chi connectivity index (χ2n) is 15.0. The highest BCUT2D eigenvalue weighted by Gasteiger charge is 2.67. The molecule has 1 N–H and O–H groups in total. The van der Waals surface area contributed by atoms with Crippen molar-refractivity contribution in [3.05, 3.63) is 68.6 Å². The van der Waals surface area contributed by atoms with Crippen molar-refractivity contribution in [1.82, 2.24) is 0 Å². The minimum Gasteiger partial charge on any atom is -0.507 e. The highest BCUT2D eigenvalue weighted by atomic mass is 16.6. The van der Waals surface area contributed by atoms with Crippen LogP contribution < -0.4 is 10.2 Å². The lowest BCUT2D eigenvalue weighted by Crippen LogP contribution is -2.58.